The highest BCUT2D eigenvalue weighted by Gasteiger charge is 2.35. The zero-order valence-electron chi connectivity index (χ0n) is 11.8. The lowest BCUT2D eigenvalue weighted by atomic mass is 10.2. The molecule has 0 aliphatic carbocycles. The number of nitrogens with zero attached hydrogens (tertiary/aromatic N) is 5. The molecule has 0 aliphatic rings. The van der Waals surface area contributed by atoms with Crippen LogP contribution in [0.5, 0.6) is 0 Å². The lowest BCUT2D eigenvalue weighted by Crippen LogP contribution is -2.03. The number of hydrogen-bond donors (Lipinski definition) is 0. The van der Waals surface area contributed by atoms with Crippen molar-refractivity contribution in [2.24, 2.45) is 4.36 Å². The summed E-state index contributed by atoms with van der Waals surface area (Å²) >= 11 is 4.84. The quantitative estimate of drug-likeness (QED) is 0.528. The average Bonchev–Trinajstić information content (AvgIpc) is 3.03. The molecule has 0 atom stereocenters. The van der Waals surface area contributed by atoms with Gasteiger partial charge in [0.1, 0.15) is 11.5 Å². The lowest BCUT2D eigenvalue weighted by molar-refractivity contribution is 0.0551. The van der Waals surface area contributed by atoms with Crippen LogP contribution in [0.4, 0.5) is 14.6 Å². The van der Waals surface area contributed by atoms with Gasteiger partial charge < -0.3 is 13.1 Å². The summed E-state index contributed by atoms with van der Waals surface area (Å²) in [7, 11) is -1.38. The molecule has 0 spiro atoms. The van der Waals surface area contributed by atoms with E-state index in [1.54, 1.807) is 29.7 Å². The molecule has 0 aromatic carbocycles. The van der Waals surface area contributed by atoms with Crippen LogP contribution in [0.1, 0.15) is 11.6 Å². The van der Waals surface area contributed by atoms with Crippen molar-refractivity contribution in [3.8, 4) is 11.4 Å². The second-order valence-corrected chi connectivity index (χ2v) is 6.11. The average molecular weight is 361 g/mol. The monoisotopic (exact) mass is 360 g/mol. The van der Waals surface area contributed by atoms with E-state index in [2.05, 4.69) is 24.0 Å². The molecule has 0 aliphatic heterocycles. The zero-order valence-corrected chi connectivity index (χ0v) is 13.4. The van der Waals surface area contributed by atoms with E-state index in [0.29, 0.717) is 22.7 Å². The van der Waals surface area contributed by atoms with Gasteiger partial charge in [-0.2, -0.15) is 24.4 Å². The minimum Gasteiger partial charge on any atom is -0.444 e. The number of fused-ring (bicyclic) bond motifs is 1. The third kappa shape index (κ3) is 3.04. The van der Waals surface area contributed by atoms with Gasteiger partial charge in [-0.1, -0.05) is 5.16 Å². The number of aromatic nitrogens is 4. The van der Waals surface area contributed by atoms with Gasteiger partial charge in [-0.05, 0) is 30.7 Å². The van der Waals surface area contributed by atoms with E-state index in [1.807, 2.05) is 0 Å². The number of aryl methyl sites for hydroxylation is 1. The fourth-order valence-corrected chi connectivity index (χ4v) is 2.52. The number of halogens is 3. The van der Waals surface area contributed by atoms with Gasteiger partial charge in [-0.15, -0.1) is 6.26 Å². The lowest BCUT2D eigenvalue weighted by Gasteiger charge is -2.01. The summed E-state index contributed by atoms with van der Waals surface area (Å²) in [5, 5.41) is -0.248. The first-order chi connectivity index (χ1) is 10.8. The first-order valence-electron chi connectivity index (χ1n) is 6.21. The Kier molecular flexibility index (Phi) is 3.80. The topological polar surface area (TPSA) is 85.7 Å². The molecule has 0 fully saturated rings. The predicted octanol–water partition coefficient (Wildman–Crippen LogP) is 3.39. The van der Waals surface area contributed by atoms with Crippen LogP contribution in [0.15, 0.2) is 27.2 Å². The SMILES string of the molecule is Cc1nc2cc(-c3noc(C(F)(F)Cl)n3)ccn2c1N=[S-](C)=O. The summed E-state index contributed by atoms with van der Waals surface area (Å²) in [5.41, 5.74) is 1.48. The molecule has 0 saturated carbocycles. The fraction of sp³-hybridized carbons (Fsp3) is 0.250. The minimum absolute atomic E-state index is 0.0407. The normalized spacial score (nSPS) is 13.8. The summed E-state index contributed by atoms with van der Waals surface area (Å²) < 4.78 is 47.2. The first-order valence-corrected chi connectivity index (χ1v) is 8.10. The van der Waals surface area contributed by atoms with Gasteiger partial charge in [0, 0.05) is 11.8 Å². The van der Waals surface area contributed by atoms with Crippen LogP contribution in [0.3, 0.4) is 0 Å². The van der Waals surface area contributed by atoms with Crippen LogP contribution in [0, 0.1) is 6.92 Å². The molecule has 11 heteroatoms. The van der Waals surface area contributed by atoms with Crippen molar-refractivity contribution >= 4 is 33.7 Å². The number of rotatable bonds is 3. The summed E-state index contributed by atoms with van der Waals surface area (Å²) in [4.78, 5) is 7.85. The molecule has 3 rings (SSSR count). The van der Waals surface area contributed by atoms with Gasteiger partial charge in [0.15, 0.2) is 0 Å². The van der Waals surface area contributed by atoms with Crippen LogP contribution in [0.2, 0.25) is 0 Å². The standard InChI is InChI=1S/C12H9ClF2N5O2S/c1-6-10(19-23(2)21)20-4-3-7(5-8(20)16-6)9-17-11(22-18-9)12(13,14)15/h3-5H,1-2H3/q-1. The number of pyridine rings is 1. The molecule has 122 valence electrons. The van der Waals surface area contributed by atoms with Crippen molar-refractivity contribution in [1.29, 1.82) is 0 Å². The maximum atomic E-state index is 12.9. The Bertz CT molecular complexity index is 972. The Morgan fingerprint density at radius 3 is 2.78 bits per heavy atom. The summed E-state index contributed by atoms with van der Waals surface area (Å²) in [5.74, 6) is -0.569. The van der Waals surface area contributed by atoms with Crippen molar-refractivity contribution < 1.29 is 17.5 Å². The van der Waals surface area contributed by atoms with Gasteiger partial charge in [-0.3, -0.25) is 4.40 Å². The molecule has 3 heterocycles. The molecular formula is C12H9ClF2N5O2S-. The van der Waals surface area contributed by atoms with E-state index in [9.17, 15) is 13.0 Å². The van der Waals surface area contributed by atoms with Crippen LogP contribution in [-0.2, 0) is 20.2 Å². The van der Waals surface area contributed by atoms with Crippen molar-refractivity contribution in [3.05, 3.63) is 29.9 Å². The Morgan fingerprint density at radius 1 is 1.43 bits per heavy atom. The highest BCUT2D eigenvalue weighted by molar-refractivity contribution is 7.74. The molecule has 0 amide bonds. The maximum absolute atomic E-state index is 12.9. The Labute approximate surface area is 135 Å². The molecule has 23 heavy (non-hydrogen) atoms. The van der Waals surface area contributed by atoms with Crippen LogP contribution in [0.25, 0.3) is 17.0 Å². The minimum atomic E-state index is -3.73. The predicted molar refractivity (Wildman–Crippen MR) is 79.0 cm³/mol. The van der Waals surface area contributed by atoms with Crippen LogP contribution < -0.4 is 0 Å². The van der Waals surface area contributed by atoms with Gasteiger partial charge in [0.05, 0.1) is 5.69 Å². The van der Waals surface area contributed by atoms with Crippen molar-refractivity contribution in [1.82, 2.24) is 19.5 Å². The molecule has 3 aromatic rings. The van der Waals surface area contributed by atoms with Crippen molar-refractivity contribution in [3.63, 3.8) is 0 Å². The molecule has 3 aromatic heterocycles. The zero-order chi connectivity index (χ0) is 16.8. The molecule has 0 saturated heterocycles. The summed E-state index contributed by atoms with van der Waals surface area (Å²) in [6.07, 6.45) is 3.05. The molecule has 0 N–H and O–H groups in total. The second-order valence-electron chi connectivity index (χ2n) is 4.60. The van der Waals surface area contributed by atoms with E-state index >= 15 is 0 Å². The van der Waals surface area contributed by atoms with Gasteiger partial charge in [0.2, 0.25) is 5.82 Å². The van der Waals surface area contributed by atoms with E-state index in [4.69, 9.17) is 11.6 Å². The smallest absolute Gasteiger partial charge is 0.400 e. The van der Waals surface area contributed by atoms with E-state index in [-0.39, 0.29) is 5.82 Å². The summed E-state index contributed by atoms with van der Waals surface area (Å²) in [6.45, 7) is 1.72. The number of alkyl halides is 3. The largest absolute Gasteiger partial charge is 0.444 e. The highest BCUT2D eigenvalue weighted by Crippen LogP contribution is 2.32. The van der Waals surface area contributed by atoms with Crippen molar-refractivity contribution in [2.45, 2.75) is 12.3 Å². The third-order valence-electron chi connectivity index (χ3n) is 2.91. The van der Waals surface area contributed by atoms with Gasteiger partial charge >= 0.3 is 11.3 Å². The first kappa shape index (κ1) is 15.8. The number of imidazole rings is 1. The molecule has 0 unspecified atom stereocenters. The van der Waals surface area contributed by atoms with Gasteiger partial charge in [-0.25, -0.2) is 4.98 Å². The second kappa shape index (κ2) is 5.53. The Morgan fingerprint density at radius 2 is 2.17 bits per heavy atom. The molecular weight excluding hydrogens is 352 g/mol. The van der Waals surface area contributed by atoms with E-state index < -0.39 is 21.9 Å². The van der Waals surface area contributed by atoms with Crippen LogP contribution >= 0.6 is 11.6 Å². The number of hydrogen-bond acceptors (Lipinski definition) is 7. The van der Waals surface area contributed by atoms with Gasteiger partial charge in [0.25, 0.3) is 0 Å². The van der Waals surface area contributed by atoms with E-state index in [0.717, 1.165) is 0 Å². The van der Waals surface area contributed by atoms with Crippen LogP contribution in [-0.4, -0.2) is 25.8 Å². The van der Waals surface area contributed by atoms with Crippen molar-refractivity contribution in [2.75, 3.05) is 6.26 Å². The third-order valence-corrected chi connectivity index (χ3v) is 3.50. The summed E-state index contributed by atoms with van der Waals surface area (Å²) in [6, 6.07) is 3.15. The fourth-order valence-electron chi connectivity index (χ4n) is 1.98. The van der Waals surface area contributed by atoms with E-state index in [1.165, 1.54) is 6.26 Å². The highest BCUT2D eigenvalue weighted by atomic mass is 35.5. The Hall–Kier alpha value is -2.07. The molecule has 7 nitrogen and oxygen atoms in total. The maximum Gasteiger partial charge on any atom is 0.400 e. The molecule has 0 radical (unpaired) electrons. The Balaban J connectivity index is 2.09. The molecule has 0 bridgehead atoms.